The Labute approximate surface area is 145 Å². The van der Waals surface area contributed by atoms with E-state index in [1.807, 2.05) is 24.5 Å². The predicted molar refractivity (Wildman–Crippen MR) is 98.3 cm³/mol. The number of aliphatic imine (C=N–C) groups is 1. The van der Waals surface area contributed by atoms with Crippen LogP contribution < -0.4 is 5.32 Å². The molecule has 0 aliphatic carbocycles. The fraction of sp³-hybridized carbons (Fsp3) is 0.438. The number of para-hydroxylation sites is 1. The summed E-state index contributed by atoms with van der Waals surface area (Å²) in [5.74, 6) is 0.941. The predicted octanol–water partition coefficient (Wildman–Crippen LogP) is 3.71. The van der Waals surface area contributed by atoms with Gasteiger partial charge in [-0.1, -0.05) is 41.3 Å². The van der Waals surface area contributed by atoms with Gasteiger partial charge in [-0.2, -0.15) is 0 Å². The van der Waals surface area contributed by atoms with Crippen LogP contribution in [0.5, 0.6) is 0 Å². The molecule has 0 radical (unpaired) electrons. The number of piperidine rings is 1. The topological polar surface area (TPSA) is 53.4 Å². The number of likely N-dealkylation sites (tertiary alicyclic amines) is 1. The number of thioether (sulfide) groups is 1. The molecule has 122 valence electrons. The summed E-state index contributed by atoms with van der Waals surface area (Å²) < 4.78 is 0.991. The van der Waals surface area contributed by atoms with Crippen LogP contribution in [0.3, 0.4) is 0 Å². The third-order valence-electron chi connectivity index (χ3n) is 3.67. The van der Waals surface area contributed by atoms with Gasteiger partial charge in [-0.25, -0.2) is 4.99 Å². The molecule has 0 atom stereocenters. The molecule has 0 saturated carbocycles. The van der Waals surface area contributed by atoms with Crippen molar-refractivity contribution in [3.63, 3.8) is 0 Å². The van der Waals surface area contributed by atoms with Gasteiger partial charge in [-0.05, 0) is 37.7 Å². The van der Waals surface area contributed by atoms with Gasteiger partial charge in [0.1, 0.15) is 5.01 Å². The highest BCUT2D eigenvalue weighted by atomic mass is 32.2. The number of hydrogen-bond donors (Lipinski definition) is 1. The summed E-state index contributed by atoms with van der Waals surface area (Å²) in [6.45, 7) is 2.69. The first-order chi connectivity index (χ1) is 11.3. The number of aromatic nitrogens is 2. The lowest BCUT2D eigenvalue weighted by atomic mass is 10.1. The largest absolute Gasteiger partial charge is 0.343 e. The van der Waals surface area contributed by atoms with Crippen molar-refractivity contribution in [1.82, 2.24) is 15.1 Å². The lowest BCUT2D eigenvalue weighted by Gasteiger charge is -2.30. The molecule has 0 spiro atoms. The van der Waals surface area contributed by atoms with Crippen LogP contribution >= 0.6 is 23.1 Å². The summed E-state index contributed by atoms with van der Waals surface area (Å²) in [4.78, 5) is 7.13. The lowest BCUT2D eigenvalue weighted by molar-refractivity contribution is 0.340. The fourth-order valence-corrected chi connectivity index (χ4v) is 3.74. The van der Waals surface area contributed by atoms with E-state index < -0.39 is 0 Å². The minimum atomic E-state index is 0.573. The molecule has 2 heterocycles. The van der Waals surface area contributed by atoms with E-state index >= 15 is 0 Å². The summed E-state index contributed by atoms with van der Waals surface area (Å²) >= 11 is 3.24. The van der Waals surface area contributed by atoms with E-state index in [0.717, 1.165) is 34.1 Å². The van der Waals surface area contributed by atoms with Crippen molar-refractivity contribution >= 4 is 34.7 Å². The van der Waals surface area contributed by atoms with Crippen molar-refractivity contribution < 1.29 is 0 Å². The molecule has 1 aromatic heterocycles. The highest BCUT2D eigenvalue weighted by Crippen LogP contribution is 2.20. The maximum absolute atomic E-state index is 4.79. The minimum Gasteiger partial charge on any atom is -0.343 e. The molecule has 0 bridgehead atoms. The molecule has 23 heavy (non-hydrogen) atoms. The monoisotopic (exact) mass is 347 g/mol. The Kier molecular flexibility index (Phi) is 5.87. The van der Waals surface area contributed by atoms with E-state index in [4.69, 9.17) is 4.99 Å². The Morgan fingerprint density at radius 1 is 1.22 bits per heavy atom. The van der Waals surface area contributed by atoms with Gasteiger partial charge >= 0.3 is 0 Å². The number of hydrogen-bond acceptors (Lipinski definition) is 5. The third kappa shape index (κ3) is 4.68. The smallest absolute Gasteiger partial charge is 0.198 e. The van der Waals surface area contributed by atoms with Crippen molar-refractivity contribution in [1.29, 1.82) is 0 Å². The molecule has 1 saturated heterocycles. The van der Waals surface area contributed by atoms with Crippen molar-refractivity contribution in [3.05, 3.63) is 35.3 Å². The summed E-state index contributed by atoms with van der Waals surface area (Å²) in [5.41, 5.74) is 1.07. The van der Waals surface area contributed by atoms with Crippen LogP contribution in [0.2, 0.25) is 0 Å². The van der Waals surface area contributed by atoms with E-state index in [1.165, 1.54) is 19.3 Å². The van der Waals surface area contributed by atoms with Crippen molar-refractivity contribution in [2.24, 2.45) is 4.99 Å². The highest BCUT2D eigenvalue weighted by Gasteiger charge is 2.15. The molecule has 1 N–H and O–H groups in total. The van der Waals surface area contributed by atoms with Gasteiger partial charge in [-0.15, -0.1) is 10.2 Å². The van der Waals surface area contributed by atoms with E-state index in [2.05, 4.69) is 32.5 Å². The molecule has 2 aromatic rings. The molecule has 3 rings (SSSR count). The zero-order chi connectivity index (χ0) is 15.9. The minimum absolute atomic E-state index is 0.573. The lowest BCUT2D eigenvalue weighted by Crippen LogP contribution is -2.40. The second-order valence-corrected chi connectivity index (χ2v) is 7.46. The summed E-state index contributed by atoms with van der Waals surface area (Å²) in [7, 11) is 0. The first kappa shape index (κ1) is 16.3. The summed E-state index contributed by atoms with van der Waals surface area (Å²) in [5, 5.41) is 12.8. The molecule has 7 heteroatoms. The zero-order valence-electron chi connectivity index (χ0n) is 13.2. The number of nitrogens with zero attached hydrogens (tertiary/aromatic N) is 4. The third-order valence-corrected chi connectivity index (χ3v) is 5.56. The second-order valence-electron chi connectivity index (χ2n) is 5.34. The number of rotatable bonds is 4. The number of nitrogens with one attached hydrogen (secondary N) is 1. The quantitative estimate of drug-likeness (QED) is 0.519. The summed E-state index contributed by atoms with van der Waals surface area (Å²) in [6.07, 6.45) is 5.78. The van der Waals surface area contributed by atoms with Gasteiger partial charge in [0, 0.05) is 18.8 Å². The van der Waals surface area contributed by atoms with Crippen LogP contribution in [0.25, 0.3) is 0 Å². The maximum Gasteiger partial charge on any atom is 0.198 e. The van der Waals surface area contributed by atoms with Gasteiger partial charge in [0.05, 0.1) is 6.54 Å². The highest BCUT2D eigenvalue weighted by molar-refractivity contribution is 8.00. The zero-order valence-corrected chi connectivity index (χ0v) is 14.9. The Balaban J connectivity index is 1.74. The number of guanidine groups is 1. The van der Waals surface area contributed by atoms with Gasteiger partial charge in [-0.3, -0.25) is 0 Å². The Hall–Kier alpha value is -1.60. The number of benzene rings is 1. The number of anilines is 1. The van der Waals surface area contributed by atoms with E-state index in [0.29, 0.717) is 6.54 Å². The molecular formula is C16H21N5S2. The van der Waals surface area contributed by atoms with Gasteiger partial charge in [0.2, 0.25) is 0 Å². The fourth-order valence-electron chi connectivity index (χ4n) is 2.50. The first-order valence-electron chi connectivity index (χ1n) is 7.83. The average molecular weight is 348 g/mol. The Morgan fingerprint density at radius 3 is 2.70 bits per heavy atom. The van der Waals surface area contributed by atoms with Crippen LogP contribution in [0.15, 0.2) is 39.7 Å². The van der Waals surface area contributed by atoms with Crippen molar-refractivity contribution in [2.75, 3.05) is 24.7 Å². The first-order valence-corrected chi connectivity index (χ1v) is 9.87. The molecule has 5 nitrogen and oxygen atoms in total. The molecule has 0 unspecified atom stereocenters. The Morgan fingerprint density at radius 2 is 2.00 bits per heavy atom. The van der Waals surface area contributed by atoms with E-state index in [9.17, 15) is 0 Å². The standard InChI is InChI=1S/C16H21N5S2/c1-22-16-20-19-14(23-16)12-17-15(21-10-6-3-7-11-21)18-13-8-4-2-5-9-13/h2,4-5,8-9H,3,6-7,10-12H2,1H3,(H,17,18). The molecular weight excluding hydrogens is 326 g/mol. The van der Waals surface area contributed by atoms with Crippen LogP contribution in [0.1, 0.15) is 24.3 Å². The maximum atomic E-state index is 4.79. The van der Waals surface area contributed by atoms with Crippen molar-refractivity contribution in [3.8, 4) is 0 Å². The normalized spacial score (nSPS) is 15.7. The Bertz CT molecular complexity index is 635. The van der Waals surface area contributed by atoms with Crippen LogP contribution in [0.4, 0.5) is 5.69 Å². The van der Waals surface area contributed by atoms with Crippen LogP contribution in [0, 0.1) is 0 Å². The van der Waals surface area contributed by atoms with Gasteiger partial charge in [0.25, 0.3) is 0 Å². The molecule has 1 aliphatic heterocycles. The van der Waals surface area contributed by atoms with Crippen LogP contribution in [-0.4, -0.2) is 40.4 Å². The SMILES string of the molecule is CSc1nnc(CN=C(Nc2ccccc2)N2CCCCC2)s1. The second kappa shape index (κ2) is 8.31. The summed E-state index contributed by atoms with van der Waals surface area (Å²) in [6, 6.07) is 10.2. The molecule has 0 amide bonds. The molecule has 1 aromatic carbocycles. The van der Waals surface area contributed by atoms with E-state index in [-0.39, 0.29) is 0 Å². The average Bonchev–Trinajstić information content (AvgIpc) is 3.08. The van der Waals surface area contributed by atoms with E-state index in [1.54, 1.807) is 23.1 Å². The van der Waals surface area contributed by atoms with Crippen LogP contribution in [-0.2, 0) is 6.54 Å². The van der Waals surface area contributed by atoms with Crippen molar-refractivity contribution in [2.45, 2.75) is 30.1 Å². The van der Waals surface area contributed by atoms with Gasteiger partial charge in [0.15, 0.2) is 10.3 Å². The van der Waals surface area contributed by atoms with Gasteiger partial charge < -0.3 is 10.2 Å². The molecule has 1 fully saturated rings. The molecule has 1 aliphatic rings.